The molecule has 4 nitrogen and oxygen atoms in total. The van der Waals surface area contributed by atoms with Gasteiger partial charge >= 0.3 is 0 Å². The molecule has 21 heavy (non-hydrogen) atoms. The van der Waals surface area contributed by atoms with Crippen molar-refractivity contribution in [1.82, 2.24) is 0 Å². The van der Waals surface area contributed by atoms with Gasteiger partial charge < -0.3 is 15.8 Å². The van der Waals surface area contributed by atoms with Crippen molar-refractivity contribution in [2.75, 3.05) is 12.4 Å². The zero-order valence-electron chi connectivity index (χ0n) is 12.0. The molecule has 1 aliphatic carbocycles. The highest BCUT2D eigenvalue weighted by Crippen LogP contribution is 2.35. The number of benzene rings is 1. The molecule has 1 aliphatic rings. The van der Waals surface area contributed by atoms with E-state index in [-0.39, 0.29) is 11.4 Å². The van der Waals surface area contributed by atoms with Crippen LogP contribution in [0.2, 0.25) is 0 Å². The molecule has 1 amide bonds. The first-order chi connectivity index (χ1) is 9.93. The van der Waals surface area contributed by atoms with Crippen LogP contribution in [-0.4, -0.2) is 18.6 Å². The summed E-state index contributed by atoms with van der Waals surface area (Å²) in [5, 5.41) is 2.92. The largest absolute Gasteiger partial charge is 0.495 e. The molecule has 0 aromatic heterocycles. The Labute approximate surface area is 142 Å². The lowest BCUT2D eigenvalue weighted by atomic mass is 9.80. The quantitative estimate of drug-likeness (QED) is 0.768. The summed E-state index contributed by atoms with van der Waals surface area (Å²) in [7, 11) is 1.59. The third-order valence-corrected chi connectivity index (χ3v) is 5.15. The van der Waals surface area contributed by atoms with Gasteiger partial charge in [0.05, 0.1) is 17.3 Å². The molecule has 1 saturated carbocycles. The second kappa shape index (κ2) is 7.11. The first-order valence-corrected chi connectivity index (χ1v) is 8.64. The van der Waals surface area contributed by atoms with Gasteiger partial charge in [0, 0.05) is 22.5 Å². The molecule has 0 radical (unpaired) electrons. The molecule has 1 aromatic rings. The van der Waals surface area contributed by atoms with Gasteiger partial charge in [-0.2, -0.15) is 0 Å². The van der Waals surface area contributed by atoms with Crippen molar-refractivity contribution in [1.29, 1.82) is 0 Å². The molecule has 116 valence electrons. The van der Waals surface area contributed by atoms with E-state index < -0.39 is 0 Å². The van der Waals surface area contributed by atoms with E-state index in [0.717, 1.165) is 34.6 Å². The second-order valence-corrected chi connectivity index (χ2v) is 7.32. The van der Waals surface area contributed by atoms with Crippen LogP contribution in [0.25, 0.3) is 0 Å². The Morgan fingerprint density at radius 2 is 1.95 bits per heavy atom. The Morgan fingerprint density at radius 1 is 1.29 bits per heavy atom. The molecule has 1 fully saturated rings. The lowest BCUT2D eigenvalue weighted by molar-refractivity contribution is -0.117. The van der Waals surface area contributed by atoms with Gasteiger partial charge in [-0.15, -0.1) is 0 Å². The normalized spacial score (nSPS) is 17.3. The number of ether oxygens (including phenoxy) is 1. The molecule has 1 aromatic carbocycles. The van der Waals surface area contributed by atoms with Crippen molar-refractivity contribution in [3.8, 4) is 5.75 Å². The molecule has 0 aliphatic heterocycles. The Hall–Kier alpha value is -0.590. The van der Waals surface area contributed by atoms with Gasteiger partial charge in [0.2, 0.25) is 5.91 Å². The van der Waals surface area contributed by atoms with E-state index >= 15 is 0 Å². The van der Waals surface area contributed by atoms with Gasteiger partial charge in [-0.1, -0.05) is 19.3 Å². The average Bonchev–Trinajstić information content (AvgIpc) is 2.42. The number of hydrogen-bond acceptors (Lipinski definition) is 3. The summed E-state index contributed by atoms with van der Waals surface area (Å²) in [5.74, 6) is 0.623. The summed E-state index contributed by atoms with van der Waals surface area (Å²) in [6.07, 6.45) is 5.64. The molecular weight excluding hydrogens is 400 g/mol. The Kier molecular flexibility index (Phi) is 5.68. The topological polar surface area (TPSA) is 64.3 Å². The van der Waals surface area contributed by atoms with Crippen LogP contribution in [-0.2, 0) is 4.79 Å². The van der Waals surface area contributed by atoms with Crippen molar-refractivity contribution in [3.05, 3.63) is 21.1 Å². The summed E-state index contributed by atoms with van der Waals surface area (Å²) in [5.41, 5.74) is 6.67. The van der Waals surface area contributed by atoms with Gasteiger partial charge in [0.25, 0.3) is 0 Å². The van der Waals surface area contributed by atoms with Crippen molar-refractivity contribution >= 4 is 43.5 Å². The van der Waals surface area contributed by atoms with Crippen molar-refractivity contribution < 1.29 is 9.53 Å². The third kappa shape index (κ3) is 4.44. The number of rotatable bonds is 4. The fourth-order valence-corrected chi connectivity index (χ4v) is 3.98. The smallest absolute Gasteiger partial charge is 0.226 e. The molecule has 2 rings (SSSR count). The number of amides is 1. The maximum absolute atomic E-state index is 12.3. The number of anilines is 1. The lowest BCUT2D eigenvalue weighted by Crippen LogP contribution is -2.44. The highest BCUT2D eigenvalue weighted by Gasteiger charge is 2.30. The minimum atomic E-state index is -0.353. The molecule has 0 unspecified atom stereocenters. The van der Waals surface area contributed by atoms with Crippen molar-refractivity contribution in [2.45, 2.75) is 44.1 Å². The van der Waals surface area contributed by atoms with Crippen molar-refractivity contribution in [2.24, 2.45) is 5.73 Å². The second-order valence-electron chi connectivity index (χ2n) is 5.61. The van der Waals surface area contributed by atoms with Gasteiger partial charge in [0.1, 0.15) is 5.75 Å². The van der Waals surface area contributed by atoms with E-state index in [1.54, 1.807) is 13.2 Å². The molecule has 0 bridgehead atoms. The molecular formula is C15H20Br2N2O2. The van der Waals surface area contributed by atoms with E-state index in [1.807, 2.05) is 6.07 Å². The number of carbonyl (C=O) groups excluding carboxylic acids is 1. The lowest BCUT2D eigenvalue weighted by Gasteiger charge is -2.32. The number of carbonyl (C=O) groups is 1. The number of nitrogens with two attached hydrogens (primary N) is 1. The van der Waals surface area contributed by atoms with Crippen LogP contribution in [0.4, 0.5) is 5.69 Å². The van der Waals surface area contributed by atoms with Crippen LogP contribution in [0, 0.1) is 0 Å². The van der Waals surface area contributed by atoms with E-state index in [4.69, 9.17) is 10.5 Å². The Bertz CT molecular complexity index is 529. The van der Waals surface area contributed by atoms with E-state index in [0.29, 0.717) is 17.9 Å². The zero-order valence-corrected chi connectivity index (χ0v) is 15.2. The summed E-state index contributed by atoms with van der Waals surface area (Å²) < 4.78 is 6.88. The minimum absolute atomic E-state index is 0.0514. The van der Waals surface area contributed by atoms with Gasteiger partial charge in [-0.25, -0.2) is 0 Å². The van der Waals surface area contributed by atoms with Crippen LogP contribution in [0.3, 0.4) is 0 Å². The average molecular weight is 420 g/mol. The van der Waals surface area contributed by atoms with Gasteiger partial charge in [-0.05, 0) is 50.8 Å². The van der Waals surface area contributed by atoms with E-state index in [9.17, 15) is 4.79 Å². The van der Waals surface area contributed by atoms with Crippen LogP contribution < -0.4 is 15.8 Å². The monoisotopic (exact) mass is 418 g/mol. The van der Waals surface area contributed by atoms with Gasteiger partial charge in [0.15, 0.2) is 0 Å². The predicted octanol–water partition coefficient (Wildman–Crippen LogP) is 4.21. The zero-order chi connectivity index (χ0) is 15.5. The van der Waals surface area contributed by atoms with Crippen LogP contribution >= 0.6 is 31.9 Å². The third-order valence-electron chi connectivity index (χ3n) is 3.88. The van der Waals surface area contributed by atoms with Crippen LogP contribution in [0.5, 0.6) is 5.75 Å². The fourth-order valence-electron chi connectivity index (χ4n) is 2.73. The molecule has 0 heterocycles. The highest BCUT2D eigenvalue weighted by atomic mass is 79.9. The highest BCUT2D eigenvalue weighted by molar-refractivity contribution is 9.11. The van der Waals surface area contributed by atoms with Crippen molar-refractivity contribution in [3.63, 3.8) is 0 Å². The Morgan fingerprint density at radius 3 is 2.57 bits per heavy atom. The summed E-state index contributed by atoms with van der Waals surface area (Å²) >= 11 is 6.85. The van der Waals surface area contributed by atoms with Crippen LogP contribution in [0.15, 0.2) is 21.1 Å². The van der Waals surface area contributed by atoms with E-state index in [1.165, 1.54) is 6.42 Å². The number of nitrogens with one attached hydrogen (secondary N) is 1. The summed E-state index contributed by atoms with van der Waals surface area (Å²) in [6, 6.07) is 3.64. The van der Waals surface area contributed by atoms with Gasteiger partial charge in [-0.3, -0.25) is 4.79 Å². The first-order valence-electron chi connectivity index (χ1n) is 7.05. The summed E-state index contributed by atoms with van der Waals surface area (Å²) in [4.78, 5) is 12.3. The first kappa shape index (κ1) is 16.8. The standard InChI is InChI=1S/C15H20Br2N2O2/c1-21-13-8-12(10(16)7-11(13)17)19-14(20)9-15(18)5-3-2-4-6-15/h7-8H,2-6,9,18H2,1H3,(H,19,20). The van der Waals surface area contributed by atoms with E-state index in [2.05, 4.69) is 37.2 Å². The molecule has 6 heteroatoms. The molecule has 0 saturated heterocycles. The predicted molar refractivity (Wildman–Crippen MR) is 91.6 cm³/mol. The molecule has 0 spiro atoms. The minimum Gasteiger partial charge on any atom is -0.495 e. The summed E-state index contributed by atoms with van der Waals surface area (Å²) in [6.45, 7) is 0. The SMILES string of the molecule is COc1cc(NC(=O)CC2(N)CCCCC2)c(Br)cc1Br. The molecule has 3 N–H and O–H groups in total. The maximum Gasteiger partial charge on any atom is 0.226 e. The number of methoxy groups -OCH3 is 1. The fraction of sp³-hybridized carbons (Fsp3) is 0.533. The number of halogens is 2. The van der Waals surface area contributed by atoms with Crippen LogP contribution in [0.1, 0.15) is 38.5 Å². The maximum atomic E-state index is 12.3. The Balaban J connectivity index is 2.05. The molecule has 0 atom stereocenters. The number of hydrogen-bond donors (Lipinski definition) is 2.